The van der Waals surface area contributed by atoms with E-state index in [1.807, 2.05) is 12.2 Å². The van der Waals surface area contributed by atoms with Crippen LogP contribution in [0.15, 0.2) is 34.9 Å². The number of esters is 2. The van der Waals surface area contributed by atoms with Crippen LogP contribution >= 0.6 is 0 Å². The van der Waals surface area contributed by atoms with Crippen molar-refractivity contribution in [1.29, 1.82) is 0 Å². The van der Waals surface area contributed by atoms with Gasteiger partial charge in [-0.2, -0.15) is 0 Å². The summed E-state index contributed by atoms with van der Waals surface area (Å²) in [6.07, 6.45) is 8.33. The standard InChI is InChI=1S/C21H28O5/c1-14(2)15-7-9-16-6-5-13-21(3,26-20(16)24)18(22)12-11-17(10-8-15)19(23)25-4/h6,8,10,14H,5,7,9,11-13H2,1-4H3/b15-8+,17-10-. The van der Waals surface area contributed by atoms with E-state index in [4.69, 9.17) is 9.47 Å². The SMILES string of the molecule is COC(=O)/C1=C\C=C(\C(C)C)CCC2=CCCC(C)(OC2=O)C(=O)CC1. The van der Waals surface area contributed by atoms with Crippen LogP contribution in [0.5, 0.6) is 0 Å². The highest BCUT2D eigenvalue weighted by Crippen LogP contribution is 2.30. The molecule has 1 atom stereocenters. The normalized spacial score (nSPS) is 29.0. The van der Waals surface area contributed by atoms with Crippen LogP contribution in [-0.4, -0.2) is 30.4 Å². The van der Waals surface area contributed by atoms with Gasteiger partial charge in [-0.25, -0.2) is 9.59 Å². The van der Waals surface area contributed by atoms with Crippen LogP contribution in [-0.2, 0) is 23.9 Å². The van der Waals surface area contributed by atoms with E-state index in [0.29, 0.717) is 36.8 Å². The second-order valence-corrected chi connectivity index (χ2v) is 7.39. The molecule has 1 unspecified atom stereocenters. The fraction of sp³-hybridized carbons (Fsp3) is 0.571. The van der Waals surface area contributed by atoms with Crippen LogP contribution in [0.2, 0.25) is 0 Å². The third-order valence-corrected chi connectivity index (χ3v) is 5.17. The fourth-order valence-corrected chi connectivity index (χ4v) is 3.28. The van der Waals surface area contributed by atoms with Crippen molar-refractivity contribution in [2.24, 2.45) is 5.92 Å². The Kier molecular flexibility index (Phi) is 6.57. The topological polar surface area (TPSA) is 69.7 Å². The number of ketones is 1. The second kappa shape index (κ2) is 8.47. The molecule has 0 spiro atoms. The molecule has 0 amide bonds. The van der Waals surface area contributed by atoms with Crippen molar-refractivity contribution in [2.75, 3.05) is 7.11 Å². The number of hydrogen-bond acceptors (Lipinski definition) is 5. The molecule has 0 N–H and O–H groups in total. The van der Waals surface area contributed by atoms with Crippen molar-refractivity contribution in [3.63, 3.8) is 0 Å². The van der Waals surface area contributed by atoms with Crippen molar-refractivity contribution < 1.29 is 23.9 Å². The predicted molar refractivity (Wildman–Crippen MR) is 98.3 cm³/mol. The Labute approximate surface area is 155 Å². The van der Waals surface area contributed by atoms with Crippen LogP contribution in [0, 0.1) is 5.92 Å². The summed E-state index contributed by atoms with van der Waals surface area (Å²) >= 11 is 0. The number of fused-ring (bicyclic) bond motifs is 3. The van der Waals surface area contributed by atoms with Crippen LogP contribution in [0.1, 0.15) is 59.3 Å². The van der Waals surface area contributed by atoms with Gasteiger partial charge in [0, 0.05) is 17.6 Å². The van der Waals surface area contributed by atoms with E-state index >= 15 is 0 Å². The minimum absolute atomic E-state index is 0.130. The number of allylic oxidation sites excluding steroid dienone is 4. The lowest BCUT2D eigenvalue weighted by Gasteiger charge is -2.26. The highest BCUT2D eigenvalue weighted by atomic mass is 16.6. The summed E-state index contributed by atoms with van der Waals surface area (Å²) < 4.78 is 10.4. The van der Waals surface area contributed by atoms with Gasteiger partial charge in [-0.05, 0) is 44.9 Å². The van der Waals surface area contributed by atoms with Crippen LogP contribution < -0.4 is 0 Å². The van der Waals surface area contributed by atoms with Gasteiger partial charge < -0.3 is 9.47 Å². The molecule has 2 heterocycles. The lowest BCUT2D eigenvalue weighted by molar-refractivity contribution is -0.162. The van der Waals surface area contributed by atoms with E-state index in [-0.39, 0.29) is 24.5 Å². The first-order valence-corrected chi connectivity index (χ1v) is 9.20. The molecule has 0 saturated heterocycles. The van der Waals surface area contributed by atoms with Crippen molar-refractivity contribution >= 4 is 17.7 Å². The van der Waals surface area contributed by atoms with Gasteiger partial charge in [0.15, 0.2) is 11.4 Å². The molecule has 5 heteroatoms. The van der Waals surface area contributed by atoms with Gasteiger partial charge in [0.05, 0.1) is 7.11 Å². The largest absolute Gasteiger partial charge is 0.466 e. The van der Waals surface area contributed by atoms with Gasteiger partial charge in [0.25, 0.3) is 0 Å². The number of methoxy groups -OCH3 is 1. The molecule has 0 radical (unpaired) electrons. The second-order valence-electron chi connectivity index (χ2n) is 7.39. The molecule has 0 aromatic heterocycles. The van der Waals surface area contributed by atoms with E-state index in [2.05, 4.69) is 13.8 Å². The Morgan fingerprint density at radius 1 is 1.15 bits per heavy atom. The van der Waals surface area contributed by atoms with Crippen LogP contribution in [0.4, 0.5) is 0 Å². The Hall–Kier alpha value is -2.17. The molecule has 0 aliphatic carbocycles. The molecular formula is C21H28O5. The summed E-state index contributed by atoms with van der Waals surface area (Å²) in [5, 5.41) is 0. The average molecular weight is 360 g/mol. The molecule has 0 saturated carbocycles. The average Bonchev–Trinajstić information content (AvgIpc) is 2.74. The molecule has 5 nitrogen and oxygen atoms in total. The van der Waals surface area contributed by atoms with Crippen LogP contribution in [0.25, 0.3) is 0 Å². The molecular weight excluding hydrogens is 332 g/mol. The molecule has 2 bridgehead atoms. The third kappa shape index (κ3) is 4.71. The smallest absolute Gasteiger partial charge is 0.334 e. The van der Waals surface area contributed by atoms with Gasteiger partial charge in [0.2, 0.25) is 0 Å². The first kappa shape index (κ1) is 20.1. The van der Waals surface area contributed by atoms with Gasteiger partial charge in [0.1, 0.15) is 0 Å². The van der Waals surface area contributed by atoms with E-state index in [9.17, 15) is 14.4 Å². The molecule has 2 rings (SSSR count). The van der Waals surface area contributed by atoms with E-state index in [1.54, 1.807) is 13.0 Å². The summed E-state index contributed by atoms with van der Waals surface area (Å²) in [5.74, 6) is -0.715. The Morgan fingerprint density at radius 2 is 1.88 bits per heavy atom. The number of Topliss-reactive ketones (excluding diaryl/α,β-unsaturated/α-hetero) is 1. The number of hydrogen-bond donors (Lipinski definition) is 0. The van der Waals surface area contributed by atoms with Crippen molar-refractivity contribution in [3.05, 3.63) is 34.9 Å². The van der Waals surface area contributed by atoms with Gasteiger partial charge >= 0.3 is 11.9 Å². The predicted octanol–water partition coefficient (Wildman–Crippen LogP) is 3.83. The maximum absolute atomic E-state index is 12.7. The Bertz CT molecular complexity index is 681. The van der Waals surface area contributed by atoms with Crippen molar-refractivity contribution in [2.45, 2.75) is 64.9 Å². The Morgan fingerprint density at radius 3 is 2.54 bits per heavy atom. The maximum Gasteiger partial charge on any atom is 0.334 e. The Balaban J connectivity index is 2.42. The highest BCUT2D eigenvalue weighted by Gasteiger charge is 2.38. The summed E-state index contributed by atoms with van der Waals surface area (Å²) in [5.41, 5.74) is 1.08. The summed E-state index contributed by atoms with van der Waals surface area (Å²) in [6, 6.07) is 0. The van der Waals surface area contributed by atoms with Gasteiger partial charge in [-0.3, -0.25) is 4.79 Å². The molecule has 2 aliphatic heterocycles. The van der Waals surface area contributed by atoms with Gasteiger partial charge in [-0.15, -0.1) is 0 Å². The highest BCUT2D eigenvalue weighted by molar-refractivity contribution is 5.96. The van der Waals surface area contributed by atoms with Crippen LogP contribution in [0.3, 0.4) is 0 Å². The summed E-state index contributed by atoms with van der Waals surface area (Å²) in [7, 11) is 1.33. The monoisotopic (exact) mass is 360 g/mol. The number of rotatable bonds is 2. The lowest BCUT2D eigenvalue weighted by atomic mass is 9.90. The molecule has 26 heavy (non-hydrogen) atoms. The molecule has 0 aromatic rings. The van der Waals surface area contributed by atoms with E-state index in [1.165, 1.54) is 7.11 Å². The summed E-state index contributed by atoms with van der Waals surface area (Å²) in [4.78, 5) is 37.3. The molecule has 0 fully saturated rings. The first-order valence-electron chi connectivity index (χ1n) is 9.20. The minimum Gasteiger partial charge on any atom is -0.466 e. The fourth-order valence-electron chi connectivity index (χ4n) is 3.28. The number of carbonyl (C=O) groups excluding carboxylic acids is 3. The van der Waals surface area contributed by atoms with E-state index in [0.717, 1.165) is 5.57 Å². The number of carbonyl (C=O) groups is 3. The zero-order valence-corrected chi connectivity index (χ0v) is 16.1. The quantitative estimate of drug-likeness (QED) is 0.700. The lowest BCUT2D eigenvalue weighted by Crippen LogP contribution is -2.40. The number of ether oxygens (including phenoxy) is 2. The van der Waals surface area contributed by atoms with Crippen molar-refractivity contribution in [3.8, 4) is 0 Å². The molecule has 0 aromatic carbocycles. The third-order valence-electron chi connectivity index (χ3n) is 5.17. The first-order chi connectivity index (χ1) is 12.3. The molecule has 2 aliphatic rings. The zero-order chi connectivity index (χ0) is 19.3. The maximum atomic E-state index is 12.7. The summed E-state index contributed by atoms with van der Waals surface area (Å²) in [6.45, 7) is 5.83. The molecule has 142 valence electrons. The van der Waals surface area contributed by atoms with Gasteiger partial charge in [-0.1, -0.05) is 37.6 Å². The zero-order valence-electron chi connectivity index (χ0n) is 16.1. The van der Waals surface area contributed by atoms with Crippen molar-refractivity contribution in [1.82, 2.24) is 0 Å². The minimum atomic E-state index is -1.14. The van der Waals surface area contributed by atoms with E-state index < -0.39 is 17.5 Å².